The zero-order valence-corrected chi connectivity index (χ0v) is 20.6. The summed E-state index contributed by atoms with van der Waals surface area (Å²) in [5.74, 6) is -0.712. The Morgan fingerprint density at radius 3 is 2.73 bits per heavy atom. The second-order valence-corrected chi connectivity index (χ2v) is 11.2. The molecule has 0 bridgehead atoms. The zero-order valence-electron chi connectivity index (χ0n) is 17.4. The minimum atomic E-state index is -1.15. The van der Waals surface area contributed by atoms with Crippen LogP contribution in [0.5, 0.6) is 0 Å². The van der Waals surface area contributed by atoms with Crippen LogP contribution < -0.4 is 10.6 Å². The average molecular weight is 526 g/mol. The number of carboxylic acids is 1. The molecule has 0 saturated carbocycles. The van der Waals surface area contributed by atoms with Gasteiger partial charge in [0, 0.05) is 23.1 Å². The molecule has 1 saturated heterocycles. The molecular formula is C20H20ClN5O4S3. The Hall–Kier alpha value is -2.28. The quantitative estimate of drug-likeness (QED) is 0.355. The molecular weight excluding hydrogens is 506 g/mol. The minimum absolute atomic E-state index is 0.00122. The van der Waals surface area contributed by atoms with Gasteiger partial charge in [-0.25, -0.2) is 9.59 Å². The molecule has 3 heterocycles. The second kappa shape index (κ2) is 10.3. The summed E-state index contributed by atoms with van der Waals surface area (Å²) in [6, 6.07) is 6.12. The third-order valence-electron chi connectivity index (χ3n) is 5.03. The van der Waals surface area contributed by atoms with E-state index in [1.54, 1.807) is 12.1 Å². The third kappa shape index (κ3) is 5.45. The van der Waals surface area contributed by atoms with E-state index in [0.29, 0.717) is 35.1 Å². The molecule has 9 nitrogen and oxygen atoms in total. The van der Waals surface area contributed by atoms with Gasteiger partial charge in [-0.3, -0.25) is 9.69 Å². The number of aryl methyl sites for hydroxylation is 1. The molecule has 33 heavy (non-hydrogen) atoms. The molecule has 1 unspecified atom stereocenters. The van der Waals surface area contributed by atoms with Crippen molar-refractivity contribution in [3.05, 3.63) is 51.1 Å². The maximum Gasteiger partial charge on any atom is 0.352 e. The van der Waals surface area contributed by atoms with Crippen molar-refractivity contribution in [3.8, 4) is 0 Å². The van der Waals surface area contributed by atoms with Crippen LogP contribution in [-0.4, -0.2) is 67.6 Å². The summed E-state index contributed by atoms with van der Waals surface area (Å²) in [6.45, 7) is 2.24. The van der Waals surface area contributed by atoms with E-state index < -0.39 is 29.3 Å². The number of β-lactam (4-membered cyclic amide) rings is 1. The number of carbonyl (C=O) groups is 3. The first-order valence-corrected chi connectivity index (χ1v) is 13.2. The van der Waals surface area contributed by atoms with Gasteiger partial charge in [0.2, 0.25) is 0 Å². The van der Waals surface area contributed by atoms with Crippen molar-refractivity contribution in [1.82, 2.24) is 25.7 Å². The Labute approximate surface area is 207 Å². The number of nitrogens with one attached hydrogen (secondary N) is 2. The number of thioether (sulfide) groups is 2. The fourth-order valence-corrected chi connectivity index (χ4v) is 6.87. The van der Waals surface area contributed by atoms with Gasteiger partial charge < -0.3 is 15.7 Å². The van der Waals surface area contributed by atoms with Gasteiger partial charge in [-0.05, 0) is 36.6 Å². The molecule has 3 N–H and O–H groups in total. The molecule has 0 aliphatic carbocycles. The highest BCUT2D eigenvalue weighted by molar-refractivity contribution is 8.01. The third-order valence-corrected chi connectivity index (χ3v) is 8.68. The normalized spacial score (nSPS) is 19.7. The fraction of sp³-hybridized carbons (Fsp3) is 0.350. The average Bonchev–Trinajstić information content (AvgIpc) is 3.21. The minimum Gasteiger partial charge on any atom is -0.477 e. The Morgan fingerprint density at radius 2 is 2.06 bits per heavy atom. The first-order valence-electron chi connectivity index (χ1n) is 9.95. The van der Waals surface area contributed by atoms with E-state index in [1.165, 1.54) is 39.8 Å². The molecule has 3 amide bonds. The summed E-state index contributed by atoms with van der Waals surface area (Å²) < 4.78 is 0.751. The highest BCUT2D eigenvalue weighted by Crippen LogP contribution is 2.41. The number of aliphatic carboxylic acids is 1. The molecule has 2 atom stereocenters. The van der Waals surface area contributed by atoms with Crippen LogP contribution in [-0.2, 0) is 16.0 Å². The van der Waals surface area contributed by atoms with Crippen LogP contribution in [0.15, 0.2) is 39.9 Å². The molecule has 4 rings (SSSR count). The summed E-state index contributed by atoms with van der Waals surface area (Å²) >= 11 is 10.1. The predicted octanol–water partition coefficient (Wildman–Crippen LogP) is 2.76. The monoisotopic (exact) mass is 525 g/mol. The number of nitrogens with zero attached hydrogens (tertiary/aromatic N) is 3. The highest BCUT2D eigenvalue weighted by Gasteiger charge is 2.54. The maximum atomic E-state index is 12.7. The Morgan fingerprint density at radius 1 is 1.30 bits per heavy atom. The van der Waals surface area contributed by atoms with Crippen LogP contribution in [0.3, 0.4) is 0 Å². The number of urea groups is 1. The van der Waals surface area contributed by atoms with Gasteiger partial charge in [-0.15, -0.1) is 22.0 Å². The van der Waals surface area contributed by atoms with Crippen molar-refractivity contribution in [2.75, 3.05) is 18.1 Å². The molecule has 13 heteroatoms. The van der Waals surface area contributed by atoms with Crippen molar-refractivity contribution >= 4 is 64.4 Å². The van der Waals surface area contributed by atoms with E-state index in [0.717, 1.165) is 14.9 Å². The lowest BCUT2D eigenvalue weighted by molar-refractivity contribution is -0.148. The Balaban J connectivity index is 1.32. The van der Waals surface area contributed by atoms with Gasteiger partial charge in [0.25, 0.3) is 5.91 Å². The second-order valence-electron chi connectivity index (χ2n) is 7.30. The van der Waals surface area contributed by atoms with Crippen LogP contribution in [0, 0.1) is 6.92 Å². The van der Waals surface area contributed by atoms with Crippen molar-refractivity contribution in [1.29, 1.82) is 0 Å². The van der Waals surface area contributed by atoms with Gasteiger partial charge in [0.1, 0.15) is 22.1 Å². The van der Waals surface area contributed by atoms with Gasteiger partial charge in [0.15, 0.2) is 4.34 Å². The maximum absolute atomic E-state index is 12.7. The van der Waals surface area contributed by atoms with Gasteiger partial charge in [-0.2, -0.15) is 0 Å². The molecule has 174 valence electrons. The first kappa shape index (κ1) is 23.9. The number of amides is 3. The van der Waals surface area contributed by atoms with E-state index in [1.807, 2.05) is 19.1 Å². The summed E-state index contributed by atoms with van der Waals surface area (Å²) in [4.78, 5) is 38.2. The number of carboxylic acid groups (broad SMARTS) is 1. The predicted molar refractivity (Wildman–Crippen MR) is 129 cm³/mol. The summed E-state index contributed by atoms with van der Waals surface area (Å²) in [7, 11) is 0. The van der Waals surface area contributed by atoms with Crippen LogP contribution in [0.2, 0.25) is 5.02 Å². The largest absolute Gasteiger partial charge is 0.477 e. The van der Waals surface area contributed by atoms with E-state index >= 15 is 0 Å². The number of carbonyl (C=O) groups excluding carboxylic acids is 2. The lowest BCUT2D eigenvalue weighted by Crippen LogP contribution is -2.71. The van der Waals surface area contributed by atoms with Crippen LogP contribution in [0.1, 0.15) is 10.6 Å². The highest BCUT2D eigenvalue weighted by atomic mass is 35.5. The van der Waals surface area contributed by atoms with Crippen molar-refractivity contribution in [2.24, 2.45) is 0 Å². The molecule has 2 aliphatic heterocycles. The topological polar surface area (TPSA) is 125 Å². The van der Waals surface area contributed by atoms with Crippen molar-refractivity contribution in [3.63, 3.8) is 0 Å². The van der Waals surface area contributed by atoms with Gasteiger partial charge in [0.05, 0.1) is 0 Å². The molecule has 1 fully saturated rings. The smallest absolute Gasteiger partial charge is 0.352 e. The first-order chi connectivity index (χ1) is 15.8. The standard InChI is InChI=1S/C20H20ClN5O4S3/c1-10-24-25-20(33-10)32-9-12-8-31-17-14(16(27)26(17)15(12)18(28)29)23-19(30)22-7-6-11-2-4-13(21)5-3-11/h2-5,14,17H,6-9H2,1H3,(H,28,29)(H2,22,23,30)/t14?,17-/m1/s1. The summed E-state index contributed by atoms with van der Waals surface area (Å²) in [5.41, 5.74) is 1.68. The Kier molecular flexibility index (Phi) is 7.47. The molecule has 0 radical (unpaired) electrons. The SMILES string of the molecule is Cc1nnc(SCC2=C(C(=O)O)N3C(=O)C(NC(=O)NCCc4ccc(Cl)cc4)[C@H]3SC2)s1. The number of aromatic nitrogens is 2. The van der Waals surface area contributed by atoms with E-state index in [-0.39, 0.29) is 5.70 Å². The molecule has 2 aromatic rings. The molecule has 2 aliphatic rings. The number of benzene rings is 1. The summed E-state index contributed by atoms with van der Waals surface area (Å²) in [6.07, 6.45) is 0.620. The van der Waals surface area contributed by atoms with E-state index in [9.17, 15) is 19.5 Å². The number of hydrogen-bond acceptors (Lipinski definition) is 8. The van der Waals surface area contributed by atoms with Crippen LogP contribution in [0.25, 0.3) is 0 Å². The van der Waals surface area contributed by atoms with Gasteiger partial charge in [-0.1, -0.05) is 46.8 Å². The summed E-state index contributed by atoms with van der Waals surface area (Å²) in [5, 5.41) is 24.2. The number of halogens is 1. The zero-order chi connectivity index (χ0) is 23.5. The lowest BCUT2D eigenvalue weighted by Gasteiger charge is -2.49. The van der Waals surface area contributed by atoms with Crippen molar-refractivity contribution < 1.29 is 19.5 Å². The van der Waals surface area contributed by atoms with E-state index in [4.69, 9.17) is 11.6 Å². The van der Waals surface area contributed by atoms with E-state index in [2.05, 4.69) is 20.8 Å². The van der Waals surface area contributed by atoms with Crippen LogP contribution >= 0.6 is 46.5 Å². The number of fused-ring (bicyclic) bond motifs is 1. The fourth-order valence-electron chi connectivity index (χ4n) is 3.44. The lowest BCUT2D eigenvalue weighted by atomic mass is 10.0. The molecule has 1 aromatic heterocycles. The molecule has 0 spiro atoms. The number of hydrogen-bond donors (Lipinski definition) is 3. The Bertz CT molecular complexity index is 1110. The molecule has 1 aromatic carbocycles. The van der Waals surface area contributed by atoms with Crippen molar-refractivity contribution in [2.45, 2.75) is 29.1 Å². The van der Waals surface area contributed by atoms with Crippen LogP contribution in [0.4, 0.5) is 4.79 Å². The number of rotatable bonds is 8. The van der Waals surface area contributed by atoms with Gasteiger partial charge >= 0.3 is 12.0 Å².